The zero-order valence-corrected chi connectivity index (χ0v) is 16.5. The second kappa shape index (κ2) is 6.82. The molecule has 1 atom stereocenters. The van der Waals surface area contributed by atoms with E-state index < -0.39 is 0 Å². The number of benzene rings is 1. The predicted molar refractivity (Wildman–Crippen MR) is 103 cm³/mol. The van der Waals surface area contributed by atoms with E-state index in [1.165, 1.54) is 0 Å². The highest BCUT2D eigenvalue weighted by Gasteiger charge is 2.37. The van der Waals surface area contributed by atoms with Crippen LogP contribution in [0.2, 0.25) is 0 Å². The van der Waals surface area contributed by atoms with Crippen LogP contribution in [-0.4, -0.2) is 67.0 Å². The molecule has 0 spiro atoms. The fraction of sp³-hybridized carbons (Fsp3) is 0.619. The summed E-state index contributed by atoms with van der Waals surface area (Å²) in [6.07, 6.45) is 2.66. The van der Waals surface area contributed by atoms with Crippen LogP contribution >= 0.6 is 0 Å². The zero-order chi connectivity index (χ0) is 19.2. The molecule has 3 aliphatic heterocycles. The van der Waals surface area contributed by atoms with Gasteiger partial charge >= 0.3 is 0 Å². The van der Waals surface area contributed by atoms with E-state index in [2.05, 4.69) is 24.1 Å². The summed E-state index contributed by atoms with van der Waals surface area (Å²) in [5.41, 5.74) is 1.68. The Balaban J connectivity index is 1.37. The van der Waals surface area contributed by atoms with Crippen molar-refractivity contribution in [1.82, 2.24) is 15.1 Å². The molecule has 1 unspecified atom stereocenters. The molecule has 146 valence electrons. The summed E-state index contributed by atoms with van der Waals surface area (Å²) in [5, 5.41) is 3.18. The maximum absolute atomic E-state index is 12.9. The Hall–Kier alpha value is -2.08. The average Bonchev–Trinajstić information content (AvgIpc) is 3.15. The van der Waals surface area contributed by atoms with Gasteiger partial charge in [0.25, 0.3) is 5.91 Å². The van der Waals surface area contributed by atoms with E-state index in [0.29, 0.717) is 12.2 Å². The van der Waals surface area contributed by atoms with Crippen molar-refractivity contribution in [3.05, 3.63) is 29.3 Å². The van der Waals surface area contributed by atoms with Gasteiger partial charge < -0.3 is 15.0 Å². The third-order valence-corrected chi connectivity index (χ3v) is 6.27. The molecule has 0 bridgehead atoms. The smallest absolute Gasteiger partial charge is 0.255 e. The number of carbonyl (C=O) groups excluding carboxylic acids is 2. The normalized spacial score (nSPS) is 25.4. The van der Waals surface area contributed by atoms with Crippen molar-refractivity contribution in [3.63, 3.8) is 0 Å². The van der Waals surface area contributed by atoms with Gasteiger partial charge in [-0.05, 0) is 25.3 Å². The fourth-order valence-corrected chi connectivity index (χ4v) is 4.50. The van der Waals surface area contributed by atoms with Crippen molar-refractivity contribution in [1.29, 1.82) is 0 Å². The predicted octanol–water partition coefficient (Wildman–Crippen LogP) is 1.78. The van der Waals surface area contributed by atoms with Crippen LogP contribution in [0.4, 0.5) is 0 Å². The second-order valence-electron chi connectivity index (χ2n) is 8.70. The summed E-state index contributed by atoms with van der Waals surface area (Å²) in [6, 6.07) is 6.01. The summed E-state index contributed by atoms with van der Waals surface area (Å²) in [6.45, 7) is 7.43. The molecule has 1 N–H and O–H groups in total. The molecule has 3 heterocycles. The fourth-order valence-electron chi connectivity index (χ4n) is 4.50. The highest BCUT2D eigenvalue weighted by molar-refractivity contribution is 5.98. The summed E-state index contributed by atoms with van der Waals surface area (Å²) < 4.78 is 5.85. The number of nitrogens with one attached hydrogen (secondary N) is 1. The molecule has 2 fully saturated rings. The highest BCUT2D eigenvalue weighted by atomic mass is 16.5. The lowest BCUT2D eigenvalue weighted by molar-refractivity contribution is -0.131. The van der Waals surface area contributed by atoms with Crippen LogP contribution in [0.3, 0.4) is 0 Å². The lowest BCUT2D eigenvalue weighted by Gasteiger charge is -2.35. The van der Waals surface area contributed by atoms with Gasteiger partial charge in [-0.1, -0.05) is 26.0 Å². The van der Waals surface area contributed by atoms with E-state index in [-0.39, 0.29) is 29.3 Å². The SMILES string of the molecule is CN1CCC(N2CCC(NC(=O)c3cccc4c3OCC4(C)C)CC2)C1=O. The van der Waals surface area contributed by atoms with E-state index in [1.54, 1.807) is 0 Å². The van der Waals surface area contributed by atoms with Crippen molar-refractivity contribution < 1.29 is 14.3 Å². The zero-order valence-electron chi connectivity index (χ0n) is 16.5. The van der Waals surface area contributed by atoms with Crippen LogP contribution in [-0.2, 0) is 10.2 Å². The first-order chi connectivity index (χ1) is 12.9. The Morgan fingerprint density at radius 2 is 1.93 bits per heavy atom. The molecule has 3 aliphatic rings. The molecule has 6 heteroatoms. The van der Waals surface area contributed by atoms with Gasteiger partial charge in [-0.15, -0.1) is 0 Å². The van der Waals surface area contributed by atoms with Crippen molar-refractivity contribution >= 4 is 11.8 Å². The molecule has 0 aliphatic carbocycles. The number of para-hydroxylation sites is 1. The Morgan fingerprint density at radius 1 is 1.19 bits per heavy atom. The molecule has 2 amide bonds. The van der Waals surface area contributed by atoms with Gasteiger partial charge in [0.2, 0.25) is 5.91 Å². The van der Waals surface area contributed by atoms with Gasteiger partial charge in [-0.25, -0.2) is 0 Å². The molecule has 0 aromatic heterocycles. The first kappa shape index (κ1) is 18.3. The minimum absolute atomic E-state index is 0.0275. The monoisotopic (exact) mass is 371 g/mol. The third kappa shape index (κ3) is 3.31. The van der Waals surface area contributed by atoms with Crippen LogP contribution in [0.25, 0.3) is 0 Å². The molecule has 2 saturated heterocycles. The average molecular weight is 371 g/mol. The van der Waals surface area contributed by atoms with Crippen molar-refractivity contribution in [2.75, 3.05) is 33.3 Å². The minimum Gasteiger partial charge on any atom is -0.492 e. The number of hydrogen-bond acceptors (Lipinski definition) is 4. The maximum atomic E-state index is 12.9. The lowest BCUT2D eigenvalue weighted by Crippen LogP contribution is -2.50. The second-order valence-corrected chi connectivity index (χ2v) is 8.70. The summed E-state index contributed by atoms with van der Waals surface area (Å²) >= 11 is 0. The van der Waals surface area contributed by atoms with Crippen LogP contribution in [0.1, 0.15) is 49.0 Å². The Bertz CT molecular complexity index is 753. The van der Waals surface area contributed by atoms with Gasteiger partial charge in [-0.3, -0.25) is 14.5 Å². The number of fused-ring (bicyclic) bond motifs is 1. The van der Waals surface area contributed by atoms with E-state index in [4.69, 9.17) is 4.74 Å². The van der Waals surface area contributed by atoms with E-state index in [9.17, 15) is 9.59 Å². The molecule has 0 radical (unpaired) electrons. The molecule has 0 saturated carbocycles. The number of carbonyl (C=O) groups is 2. The first-order valence-electron chi connectivity index (χ1n) is 9.93. The van der Waals surface area contributed by atoms with Gasteiger partial charge in [0.05, 0.1) is 18.2 Å². The number of hydrogen-bond donors (Lipinski definition) is 1. The van der Waals surface area contributed by atoms with E-state index >= 15 is 0 Å². The first-order valence-corrected chi connectivity index (χ1v) is 9.93. The molecule has 1 aromatic rings. The number of likely N-dealkylation sites (N-methyl/N-ethyl adjacent to an activating group) is 1. The lowest BCUT2D eigenvalue weighted by atomic mass is 9.86. The van der Waals surface area contributed by atoms with Crippen LogP contribution in [0, 0.1) is 0 Å². The van der Waals surface area contributed by atoms with E-state index in [0.717, 1.165) is 50.2 Å². The number of likely N-dealkylation sites (tertiary alicyclic amines) is 2. The van der Waals surface area contributed by atoms with Gasteiger partial charge in [-0.2, -0.15) is 0 Å². The summed E-state index contributed by atoms with van der Waals surface area (Å²) in [4.78, 5) is 29.2. The van der Waals surface area contributed by atoms with Crippen LogP contribution in [0.15, 0.2) is 18.2 Å². The summed E-state index contributed by atoms with van der Waals surface area (Å²) in [5.74, 6) is 0.911. The number of piperidine rings is 1. The van der Waals surface area contributed by atoms with Crippen molar-refractivity contribution in [3.8, 4) is 5.75 Å². The maximum Gasteiger partial charge on any atom is 0.255 e. The highest BCUT2D eigenvalue weighted by Crippen LogP contribution is 2.40. The number of rotatable bonds is 3. The molecule has 6 nitrogen and oxygen atoms in total. The quantitative estimate of drug-likeness (QED) is 0.880. The number of amides is 2. The largest absolute Gasteiger partial charge is 0.492 e. The number of ether oxygens (including phenoxy) is 1. The van der Waals surface area contributed by atoms with Crippen molar-refractivity contribution in [2.45, 2.75) is 50.6 Å². The topological polar surface area (TPSA) is 61.9 Å². The standard InChI is InChI=1S/C21H29N3O3/c1-21(2)13-27-18-15(5-4-6-16(18)21)19(25)22-14-7-11-24(12-8-14)17-9-10-23(3)20(17)26/h4-6,14,17H,7-13H2,1-3H3,(H,22,25). The van der Waals surface area contributed by atoms with Crippen LogP contribution in [0.5, 0.6) is 5.75 Å². The summed E-state index contributed by atoms with van der Waals surface area (Å²) in [7, 11) is 1.87. The Morgan fingerprint density at radius 3 is 2.59 bits per heavy atom. The molecule has 1 aromatic carbocycles. The third-order valence-electron chi connectivity index (χ3n) is 6.27. The molecule has 4 rings (SSSR count). The van der Waals surface area contributed by atoms with Crippen LogP contribution < -0.4 is 10.1 Å². The van der Waals surface area contributed by atoms with Gasteiger partial charge in [0, 0.05) is 43.7 Å². The van der Waals surface area contributed by atoms with E-state index in [1.807, 2.05) is 30.1 Å². The van der Waals surface area contributed by atoms with Gasteiger partial charge in [0.15, 0.2) is 0 Å². The number of nitrogens with zero attached hydrogens (tertiary/aromatic N) is 2. The van der Waals surface area contributed by atoms with Gasteiger partial charge in [0.1, 0.15) is 5.75 Å². The molecular formula is C21H29N3O3. The Labute approximate surface area is 160 Å². The minimum atomic E-state index is -0.0576. The van der Waals surface area contributed by atoms with Crippen molar-refractivity contribution in [2.24, 2.45) is 0 Å². The molecule has 27 heavy (non-hydrogen) atoms. The Kier molecular flexibility index (Phi) is 4.62. The molecular weight excluding hydrogens is 342 g/mol.